The largest absolute Gasteiger partial charge is 0.396 e. The average molecular weight is 301 g/mol. The fourth-order valence-corrected chi connectivity index (χ4v) is 2.25. The van der Waals surface area contributed by atoms with E-state index in [2.05, 4.69) is 21.0 Å². The Morgan fingerprint density at radius 3 is 2.70 bits per heavy atom. The van der Waals surface area contributed by atoms with Gasteiger partial charge < -0.3 is 5.73 Å². The molecule has 7 nitrogen and oxygen atoms in total. The van der Waals surface area contributed by atoms with Crippen molar-refractivity contribution < 1.29 is 0 Å². The van der Waals surface area contributed by atoms with Crippen molar-refractivity contribution in [2.45, 2.75) is 0 Å². The third-order valence-corrected chi connectivity index (χ3v) is 3.34. The summed E-state index contributed by atoms with van der Waals surface area (Å²) >= 11 is 0. The number of nitrogens with zero attached hydrogens (tertiary/aromatic N) is 4. The van der Waals surface area contributed by atoms with Crippen LogP contribution in [0.2, 0.25) is 0 Å². The molecular weight excluding hydrogens is 290 g/mol. The molecule has 7 heteroatoms. The van der Waals surface area contributed by atoms with Gasteiger partial charge >= 0.3 is 0 Å². The van der Waals surface area contributed by atoms with Crippen molar-refractivity contribution in [3.63, 3.8) is 0 Å². The van der Waals surface area contributed by atoms with E-state index in [9.17, 15) is 0 Å². The van der Waals surface area contributed by atoms with Crippen molar-refractivity contribution in [2.75, 3.05) is 0 Å². The van der Waals surface area contributed by atoms with Gasteiger partial charge in [0.2, 0.25) is 0 Å². The van der Waals surface area contributed by atoms with Crippen LogP contribution < -0.4 is 5.73 Å². The molecule has 1 aromatic carbocycles. The van der Waals surface area contributed by atoms with Gasteiger partial charge in [0.05, 0.1) is 34.3 Å². The average Bonchev–Trinajstić information content (AvgIpc) is 2.60. The van der Waals surface area contributed by atoms with Gasteiger partial charge in [0, 0.05) is 11.8 Å². The zero-order valence-electron chi connectivity index (χ0n) is 11.9. The third kappa shape index (κ3) is 2.49. The predicted molar refractivity (Wildman–Crippen MR) is 86.3 cm³/mol. The SMILES string of the molecule is N#Cc1cccc(C2=NC(=N)C(=N)C(N)=C2c2ccncn2)c1. The smallest absolute Gasteiger partial charge is 0.172 e. The summed E-state index contributed by atoms with van der Waals surface area (Å²) in [4.78, 5) is 12.2. The Hall–Kier alpha value is -3.66. The van der Waals surface area contributed by atoms with Crippen molar-refractivity contribution in [1.82, 2.24) is 9.97 Å². The maximum absolute atomic E-state index is 9.07. The van der Waals surface area contributed by atoms with Crippen LogP contribution in [0.3, 0.4) is 0 Å². The number of nitriles is 1. The lowest BCUT2D eigenvalue weighted by Crippen LogP contribution is -2.29. The quantitative estimate of drug-likeness (QED) is 0.774. The molecule has 0 bridgehead atoms. The van der Waals surface area contributed by atoms with Crippen LogP contribution in [0.15, 0.2) is 53.5 Å². The van der Waals surface area contributed by atoms with E-state index in [1.165, 1.54) is 6.33 Å². The summed E-state index contributed by atoms with van der Waals surface area (Å²) in [7, 11) is 0. The fraction of sp³-hybridized carbons (Fsp3) is 0. The van der Waals surface area contributed by atoms with E-state index in [1.54, 1.807) is 36.5 Å². The molecule has 0 fully saturated rings. The Balaban J connectivity index is 2.24. The number of nitrogens with two attached hydrogens (primary N) is 1. The molecular formula is C16H11N7. The van der Waals surface area contributed by atoms with E-state index in [4.69, 9.17) is 21.8 Å². The zero-order valence-corrected chi connectivity index (χ0v) is 11.9. The molecule has 0 unspecified atom stereocenters. The van der Waals surface area contributed by atoms with Crippen molar-refractivity contribution in [3.8, 4) is 6.07 Å². The van der Waals surface area contributed by atoms with Gasteiger partial charge in [0.25, 0.3) is 0 Å². The van der Waals surface area contributed by atoms with Gasteiger partial charge in [0.1, 0.15) is 12.0 Å². The van der Waals surface area contributed by atoms with Gasteiger partial charge in [-0.15, -0.1) is 0 Å². The first kappa shape index (κ1) is 14.3. The molecule has 4 N–H and O–H groups in total. The monoisotopic (exact) mass is 301 g/mol. The molecule has 0 saturated carbocycles. The Bertz CT molecular complexity index is 917. The molecule has 1 aromatic heterocycles. The first-order valence-corrected chi connectivity index (χ1v) is 6.65. The molecule has 110 valence electrons. The van der Waals surface area contributed by atoms with Crippen LogP contribution in [0.4, 0.5) is 0 Å². The number of rotatable bonds is 2. The molecule has 0 radical (unpaired) electrons. The molecule has 0 amide bonds. The highest BCUT2D eigenvalue weighted by Gasteiger charge is 2.26. The molecule has 0 atom stereocenters. The van der Waals surface area contributed by atoms with Gasteiger partial charge in [-0.1, -0.05) is 12.1 Å². The van der Waals surface area contributed by atoms with E-state index in [1.807, 2.05) is 0 Å². The normalized spacial score (nSPS) is 14.5. The summed E-state index contributed by atoms with van der Waals surface area (Å²) in [5.41, 5.74) is 8.52. The number of hydrogen-bond donors (Lipinski definition) is 3. The Morgan fingerprint density at radius 2 is 2.00 bits per heavy atom. The van der Waals surface area contributed by atoms with Crippen LogP contribution in [0.25, 0.3) is 5.57 Å². The van der Waals surface area contributed by atoms with E-state index in [0.717, 1.165) is 0 Å². The van der Waals surface area contributed by atoms with Gasteiger partial charge in [-0.05, 0) is 18.2 Å². The molecule has 0 spiro atoms. The number of hydrogen-bond acceptors (Lipinski definition) is 6. The van der Waals surface area contributed by atoms with E-state index in [0.29, 0.717) is 28.1 Å². The van der Waals surface area contributed by atoms with E-state index in [-0.39, 0.29) is 17.2 Å². The Kier molecular flexibility index (Phi) is 3.49. The van der Waals surface area contributed by atoms with Crippen LogP contribution in [0.1, 0.15) is 16.8 Å². The maximum Gasteiger partial charge on any atom is 0.172 e. The third-order valence-electron chi connectivity index (χ3n) is 3.34. The molecule has 23 heavy (non-hydrogen) atoms. The van der Waals surface area contributed by atoms with Crippen molar-refractivity contribution in [1.29, 1.82) is 16.1 Å². The molecule has 2 heterocycles. The minimum atomic E-state index is -0.224. The fourth-order valence-electron chi connectivity index (χ4n) is 2.25. The summed E-state index contributed by atoms with van der Waals surface area (Å²) in [6, 6.07) is 10.6. The Morgan fingerprint density at radius 1 is 1.17 bits per heavy atom. The highest BCUT2D eigenvalue weighted by atomic mass is 14.9. The second kappa shape index (κ2) is 5.61. The maximum atomic E-state index is 9.07. The lowest BCUT2D eigenvalue weighted by Gasteiger charge is -2.19. The summed E-state index contributed by atoms with van der Waals surface area (Å²) in [6.07, 6.45) is 2.94. The molecule has 0 saturated heterocycles. The number of allylic oxidation sites excluding steroid dienone is 1. The van der Waals surface area contributed by atoms with Gasteiger partial charge in [-0.25, -0.2) is 15.0 Å². The highest BCUT2D eigenvalue weighted by molar-refractivity contribution is 6.55. The van der Waals surface area contributed by atoms with Crippen LogP contribution in [0, 0.1) is 22.1 Å². The Labute approximate surface area is 131 Å². The molecule has 1 aliphatic rings. The second-order valence-corrected chi connectivity index (χ2v) is 4.76. The van der Waals surface area contributed by atoms with Crippen molar-refractivity contribution in [2.24, 2.45) is 10.7 Å². The molecule has 3 rings (SSSR count). The molecule has 1 aliphatic heterocycles. The summed E-state index contributed by atoms with van der Waals surface area (Å²) in [6.45, 7) is 0. The summed E-state index contributed by atoms with van der Waals surface area (Å²) < 4.78 is 0. The number of aromatic nitrogens is 2. The van der Waals surface area contributed by atoms with Crippen LogP contribution >= 0.6 is 0 Å². The highest BCUT2D eigenvalue weighted by Crippen LogP contribution is 2.25. The van der Waals surface area contributed by atoms with Crippen LogP contribution in [-0.4, -0.2) is 27.2 Å². The number of benzene rings is 1. The summed E-state index contributed by atoms with van der Waals surface area (Å²) in [5.74, 6) is -0.224. The predicted octanol–water partition coefficient (Wildman–Crippen LogP) is 1.52. The first-order valence-electron chi connectivity index (χ1n) is 6.65. The number of nitrogens with one attached hydrogen (secondary N) is 2. The van der Waals surface area contributed by atoms with Crippen LogP contribution in [0.5, 0.6) is 0 Å². The van der Waals surface area contributed by atoms with Crippen molar-refractivity contribution in [3.05, 3.63) is 65.4 Å². The zero-order chi connectivity index (χ0) is 16.4. The second-order valence-electron chi connectivity index (χ2n) is 4.76. The van der Waals surface area contributed by atoms with Crippen molar-refractivity contribution >= 4 is 22.8 Å². The summed E-state index contributed by atoms with van der Waals surface area (Å²) in [5, 5.41) is 24.8. The topological polar surface area (TPSA) is 136 Å². The van der Waals surface area contributed by atoms with E-state index < -0.39 is 0 Å². The molecule has 0 aliphatic carbocycles. The molecule has 2 aromatic rings. The van der Waals surface area contributed by atoms with Crippen LogP contribution in [-0.2, 0) is 0 Å². The minimum Gasteiger partial charge on any atom is -0.396 e. The van der Waals surface area contributed by atoms with Gasteiger partial charge in [-0.2, -0.15) is 5.26 Å². The number of aliphatic imine (C=N–C) groups is 1. The lowest BCUT2D eigenvalue weighted by atomic mass is 9.92. The van der Waals surface area contributed by atoms with Gasteiger partial charge in [0.15, 0.2) is 5.84 Å². The lowest BCUT2D eigenvalue weighted by molar-refractivity contribution is 1.14. The minimum absolute atomic E-state index is 0.126. The first-order chi connectivity index (χ1) is 11.1. The van der Waals surface area contributed by atoms with E-state index >= 15 is 0 Å². The number of amidine groups is 1. The van der Waals surface area contributed by atoms with Gasteiger partial charge in [-0.3, -0.25) is 10.8 Å². The standard InChI is InChI=1S/C16H11N7/c17-7-9-2-1-3-10(6-9)15-12(11-4-5-21-8-22-11)13(18)14(19)16(20)23-15/h1-6,8,19-20H,18H2. The number of dihydropyridines is 1.